The minimum atomic E-state index is -0.212. The Kier molecular flexibility index (Phi) is 2.38. The van der Waals surface area contributed by atoms with Gasteiger partial charge in [0.1, 0.15) is 5.76 Å². The van der Waals surface area contributed by atoms with Crippen LogP contribution in [-0.4, -0.2) is 13.2 Å². The van der Waals surface area contributed by atoms with Gasteiger partial charge in [0.15, 0.2) is 6.29 Å². The summed E-state index contributed by atoms with van der Waals surface area (Å²) in [4.78, 5) is 0. The zero-order valence-electron chi connectivity index (χ0n) is 7.95. The molecule has 0 amide bonds. The molecule has 1 saturated heterocycles. The van der Waals surface area contributed by atoms with E-state index in [1.54, 1.807) is 6.26 Å². The van der Waals surface area contributed by atoms with Crippen LogP contribution < -0.4 is 0 Å². The molecule has 0 aromatic carbocycles. The van der Waals surface area contributed by atoms with Crippen molar-refractivity contribution in [3.8, 4) is 0 Å². The highest BCUT2D eigenvalue weighted by molar-refractivity contribution is 5.21. The minimum Gasteiger partial charge on any atom is -0.469 e. The molecule has 0 radical (unpaired) electrons. The highest BCUT2D eigenvalue weighted by atomic mass is 16.7. The van der Waals surface area contributed by atoms with Crippen molar-refractivity contribution in [2.75, 3.05) is 13.2 Å². The van der Waals surface area contributed by atoms with E-state index in [0.29, 0.717) is 19.1 Å². The van der Waals surface area contributed by atoms with Crippen molar-refractivity contribution in [2.24, 2.45) is 0 Å². The average Bonchev–Trinajstić information content (AvgIpc) is 2.74. The molecule has 0 unspecified atom stereocenters. The molecular weight excluding hydrogens is 168 g/mol. The lowest BCUT2D eigenvalue weighted by Gasteiger charge is -2.10. The summed E-state index contributed by atoms with van der Waals surface area (Å²) in [5.41, 5.74) is 1.03. The Bertz CT molecular complexity index is 271. The first-order valence-electron chi connectivity index (χ1n) is 4.59. The second kappa shape index (κ2) is 3.52. The average molecular weight is 182 g/mol. The van der Waals surface area contributed by atoms with Gasteiger partial charge in [0.2, 0.25) is 0 Å². The van der Waals surface area contributed by atoms with Crippen LogP contribution >= 0.6 is 0 Å². The van der Waals surface area contributed by atoms with Gasteiger partial charge in [-0.1, -0.05) is 13.8 Å². The fraction of sp³-hybridized carbons (Fsp3) is 0.600. The predicted molar refractivity (Wildman–Crippen MR) is 47.4 cm³/mol. The van der Waals surface area contributed by atoms with E-state index in [9.17, 15) is 0 Å². The molecule has 0 bridgehead atoms. The van der Waals surface area contributed by atoms with E-state index in [2.05, 4.69) is 13.8 Å². The van der Waals surface area contributed by atoms with E-state index in [-0.39, 0.29) is 6.29 Å². The van der Waals surface area contributed by atoms with Crippen LogP contribution in [0, 0.1) is 0 Å². The predicted octanol–water partition coefficient (Wildman–Crippen LogP) is 2.45. The van der Waals surface area contributed by atoms with Gasteiger partial charge in [0.05, 0.1) is 19.5 Å². The molecule has 3 nitrogen and oxygen atoms in total. The molecule has 13 heavy (non-hydrogen) atoms. The molecule has 72 valence electrons. The summed E-state index contributed by atoms with van der Waals surface area (Å²) in [6.45, 7) is 5.54. The Morgan fingerprint density at radius 3 is 2.62 bits per heavy atom. The number of rotatable bonds is 2. The van der Waals surface area contributed by atoms with E-state index in [1.807, 2.05) is 6.07 Å². The first-order chi connectivity index (χ1) is 6.29. The van der Waals surface area contributed by atoms with Crippen LogP contribution in [-0.2, 0) is 9.47 Å². The Morgan fingerprint density at radius 1 is 1.31 bits per heavy atom. The molecule has 3 heteroatoms. The van der Waals surface area contributed by atoms with Crippen LogP contribution in [0.3, 0.4) is 0 Å². The smallest absolute Gasteiger partial charge is 0.187 e. The molecule has 1 aliphatic rings. The van der Waals surface area contributed by atoms with Crippen LogP contribution in [0.5, 0.6) is 0 Å². The van der Waals surface area contributed by atoms with Gasteiger partial charge in [-0.25, -0.2) is 0 Å². The molecule has 1 aromatic heterocycles. The van der Waals surface area contributed by atoms with Crippen LogP contribution in [0.1, 0.15) is 37.4 Å². The molecule has 1 aliphatic heterocycles. The summed E-state index contributed by atoms with van der Waals surface area (Å²) < 4.78 is 16.2. The molecule has 1 fully saturated rings. The van der Waals surface area contributed by atoms with E-state index in [1.165, 1.54) is 0 Å². The molecule has 0 atom stereocenters. The van der Waals surface area contributed by atoms with Crippen molar-refractivity contribution in [1.29, 1.82) is 0 Å². The molecule has 0 N–H and O–H groups in total. The van der Waals surface area contributed by atoms with E-state index < -0.39 is 0 Å². The molecule has 0 spiro atoms. The maximum absolute atomic E-state index is 5.41. The van der Waals surface area contributed by atoms with E-state index in [0.717, 1.165) is 11.3 Å². The van der Waals surface area contributed by atoms with Crippen LogP contribution in [0.2, 0.25) is 0 Å². The topological polar surface area (TPSA) is 31.6 Å². The van der Waals surface area contributed by atoms with Crippen LogP contribution in [0.4, 0.5) is 0 Å². The zero-order valence-corrected chi connectivity index (χ0v) is 7.95. The molecular formula is C10H14O3. The summed E-state index contributed by atoms with van der Waals surface area (Å²) in [7, 11) is 0. The molecule has 2 rings (SSSR count). The summed E-state index contributed by atoms with van der Waals surface area (Å²) >= 11 is 0. The number of ether oxygens (including phenoxy) is 2. The van der Waals surface area contributed by atoms with Crippen molar-refractivity contribution in [3.05, 3.63) is 23.7 Å². The third-order valence-electron chi connectivity index (χ3n) is 2.13. The van der Waals surface area contributed by atoms with Gasteiger partial charge in [0.25, 0.3) is 0 Å². The Balaban J connectivity index is 2.23. The standard InChI is InChI=1S/C10H14O3/c1-7(2)9-8(3-4-11-9)10-12-5-6-13-10/h3-4,7,10H,5-6H2,1-2H3. The number of hydrogen-bond donors (Lipinski definition) is 0. The fourth-order valence-corrected chi connectivity index (χ4v) is 1.53. The van der Waals surface area contributed by atoms with Crippen molar-refractivity contribution >= 4 is 0 Å². The first-order valence-corrected chi connectivity index (χ1v) is 4.59. The lowest BCUT2D eigenvalue weighted by Crippen LogP contribution is -2.00. The summed E-state index contributed by atoms with van der Waals surface area (Å²) in [6, 6.07) is 1.92. The monoisotopic (exact) mass is 182 g/mol. The van der Waals surface area contributed by atoms with E-state index in [4.69, 9.17) is 13.9 Å². The van der Waals surface area contributed by atoms with Crippen LogP contribution in [0.15, 0.2) is 16.7 Å². The quantitative estimate of drug-likeness (QED) is 0.704. The number of furan rings is 1. The van der Waals surface area contributed by atoms with Gasteiger partial charge >= 0.3 is 0 Å². The normalized spacial score (nSPS) is 18.7. The maximum atomic E-state index is 5.41. The van der Waals surface area contributed by atoms with Crippen LogP contribution in [0.25, 0.3) is 0 Å². The van der Waals surface area contributed by atoms with E-state index >= 15 is 0 Å². The molecule has 0 aliphatic carbocycles. The highest BCUT2D eigenvalue weighted by Crippen LogP contribution is 2.31. The maximum Gasteiger partial charge on any atom is 0.187 e. The fourth-order valence-electron chi connectivity index (χ4n) is 1.53. The van der Waals surface area contributed by atoms with Gasteiger partial charge in [-0.2, -0.15) is 0 Å². The third kappa shape index (κ3) is 1.62. The van der Waals surface area contributed by atoms with Crippen molar-refractivity contribution < 1.29 is 13.9 Å². The number of hydrogen-bond acceptors (Lipinski definition) is 3. The van der Waals surface area contributed by atoms with Gasteiger partial charge in [0, 0.05) is 11.5 Å². The van der Waals surface area contributed by atoms with Gasteiger partial charge < -0.3 is 13.9 Å². The first kappa shape index (κ1) is 8.78. The van der Waals surface area contributed by atoms with Gasteiger partial charge in [-0.15, -0.1) is 0 Å². The lowest BCUT2D eigenvalue weighted by molar-refractivity contribution is -0.0454. The Morgan fingerprint density at radius 2 is 2.00 bits per heavy atom. The Hall–Kier alpha value is -0.800. The minimum absolute atomic E-state index is 0.212. The second-order valence-corrected chi connectivity index (χ2v) is 3.47. The molecule has 2 heterocycles. The van der Waals surface area contributed by atoms with Gasteiger partial charge in [-0.05, 0) is 6.07 Å². The molecule has 0 saturated carbocycles. The SMILES string of the molecule is CC(C)c1occc1C1OCCO1. The Labute approximate surface area is 77.6 Å². The van der Waals surface area contributed by atoms with Gasteiger partial charge in [-0.3, -0.25) is 0 Å². The third-order valence-corrected chi connectivity index (χ3v) is 2.13. The summed E-state index contributed by atoms with van der Waals surface area (Å²) in [6.07, 6.45) is 1.48. The van der Waals surface area contributed by atoms with Crippen molar-refractivity contribution in [1.82, 2.24) is 0 Å². The summed E-state index contributed by atoms with van der Waals surface area (Å²) in [5.74, 6) is 1.34. The zero-order chi connectivity index (χ0) is 9.26. The van der Waals surface area contributed by atoms with Crippen molar-refractivity contribution in [3.63, 3.8) is 0 Å². The second-order valence-electron chi connectivity index (χ2n) is 3.47. The highest BCUT2D eigenvalue weighted by Gasteiger charge is 2.24. The molecule has 1 aromatic rings. The summed E-state index contributed by atoms with van der Waals surface area (Å²) in [5, 5.41) is 0. The van der Waals surface area contributed by atoms with Crippen molar-refractivity contribution in [2.45, 2.75) is 26.1 Å². The largest absolute Gasteiger partial charge is 0.469 e. The lowest BCUT2D eigenvalue weighted by atomic mass is 10.1.